The minimum Gasteiger partial charge on any atom is -0.370 e. The first-order valence-electron chi connectivity index (χ1n) is 4.60. The van der Waals surface area contributed by atoms with E-state index in [-0.39, 0.29) is 0 Å². The molecule has 1 aromatic carbocycles. The molecular weight excluding hydrogens is 190 g/mol. The highest BCUT2D eigenvalue weighted by molar-refractivity contribution is 7.19. The summed E-state index contributed by atoms with van der Waals surface area (Å²) in [7, 11) is 4.14. The van der Waals surface area contributed by atoms with Gasteiger partial charge in [0.15, 0.2) is 0 Å². The fraction of sp³-hybridized carbons (Fsp3) is 0.167. The number of thiophene rings is 1. The van der Waals surface area contributed by atoms with Gasteiger partial charge in [-0.3, -0.25) is 0 Å². The molecular formula is C12H13NS. The maximum absolute atomic E-state index is 2.18. The number of rotatable bonds is 2. The van der Waals surface area contributed by atoms with Crippen molar-refractivity contribution in [3.05, 3.63) is 42.5 Å². The van der Waals surface area contributed by atoms with Crippen molar-refractivity contribution in [2.75, 3.05) is 19.0 Å². The lowest BCUT2D eigenvalue weighted by atomic mass is 10.2. The van der Waals surface area contributed by atoms with Gasteiger partial charge in [-0.2, -0.15) is 0 Å². The van der Waals surface area contributed by atoms with E-state index in [2.05, 4.69) is 55.4 Å². The van der Waals surface area contributed by atoms with Crippen LogP contribution in [-0.2, 0) is 0 Å². The van der Waals surface area contributed by atoms with Crippen LogP contribution >= 0.6 is 11.3 Å². The molecule has 0 aliphatic carbocycles. The fourth-order valence-corrected chi connectivity index (χ4v) is 2.26. The number of benzene rings is 1. The van der Waals surface area contributed by atoms with Gasteiger partial charge in [-0.1, -0.05) is 30.3 Å². The van der Waals surface area contributed by atoms with Crippen molar-refractivity contribution in [2.45, 2.75) is 0 Å². The van der Waals surface area contributed by atoms with Gasteiger partial charge < -0.3 is 4.90 Å². The molecule has 0 spiro atoms. The average molecular weight is 203 g/mol. The molecule has 0 aliphatic heterocycles. The topological polar surface area (TPSA) is 3.24 Å². The van der Waals surface area contributed by atoms with Gasteiger partial charge in [-0.15, -0.1) is 11.3 Å². The van der Waals surface area contributed by atoms with E-state index in [1.165, 1.54) is 15.4 Å². The normalized spacial score (nSPS) is 10.1. The molecule has 0 saturated carbocycles. The highest BCUT2D eigenvalue weighted by Gasteiger charge is 2.02. The number of hydrogen-bond donors (Lipinski definition) is 0. The third-order valence-electron chi connectivity index (χ3n) is 2.09. The van der Waals surface area contributed by atoms with E-state index in [1.54, 1.807) is 0 Å². The molecule has 0 bridgehead atoms. The molecule has 0 saturated heterocycles. The second kappa shape index (κ2) is 3.84. The number of nitrogens with zero attached hydrogens (tertiary/aromatic N) is 1. The Kier molecular flexibility index (Phi) is 2.55. The van der Waals surface area contributed by atoms with Crippen LogP contribution in [0.3, 0.4) is 0 Å². The first-order chi connectivity index (χ1) is 6.77. The highest BCUT2D eigenvalue weighted by atomic mass is 32.1. The van der Waals surface area contributed by atoms with Crippen molar-refractivity contribution in [1.29, 1.82) is 0 Å². The van der Waals surface area contributed by atoms with E-state index in [0.29, 0.717) is 0 Å². The second-order valence-corrected chi connectivity index (χ2v) is 4.46. The Labute approximate surface area is 88.6 Å². The van der Waals surface area contributed by atoms with Crippen LogP contribution in [0.15, 0.2) is 42.5 Å². The van der Waals surface area contributed by atoms with Crippen molar-refractivity contribution in [1.82, 2.24) is 0 Å². The monoisotopic (exact) mass is 203 g/mol. The van der Waals surface area contributed by atoms with E-state index < -0.39 is 0 Å². The fourth-order valence-electron chi connectivity index (χ4n) is 1.33. The minimum atomic E-state index is 1.30. The van der Waals surface area contributed by atoms with E-state index in [9.17, 15) is 0 Å². The lowest BCUT2D eigenvalue weighted by Gasteiger charge is -2.07. The predicted octanol–water partition coefficient (Wildman–Crippen LogP) is 3.48. The summed E-state index contributed by atoms with van der Waals surface area (Å²) in [5, 5.41) is 1.30. The Balaban J connectivity index is 2.34. The van der Waals surface area contributed by atoms with Gasteiger partial charge in [0.25, 0.3) is 0 Å². The third kappa shape index (κ3) is 1.80. The van der Waals surface area contributed by atoms with E-state index in [1.807, 2.05) is 17.4 Å². The van der Waals surface area contributed by atoms with Gasteiger partial charge in [0.2, 0.25) is 0 Å². The van der Waals surface area contributed by atoms with Gasteiger partial charge in [0.1, 0.15) is 0 Å². The molecule has 72 valence electrons. The van der Waals surface area contributed by atoms with Crippen molar-refractivity contribution in [2.24, 2.45) is 0 Å². The van der Waals surface area contributed by atoms with Crippen molar-refractivity contribution < 1.29 is 0 Å². The Morgan fingerprint density at radius 3 is 2.21 bits per heavy atom. The molecule has 1 heterocycles. The molecule has 2 aromatic rings. The van der Waals surface area contributed by atoms with Gasteiger partial charge in [0, 0.05) is 19.0 Å². The molecule has 0 fully saturated rings. The molecule has 1 aromatic heterocycles. The lowest BCUT2D eigenvalue weighted by Crippen LogP contribution is -2.05. The molecule has 2 heteroatoms. The summed E-state index contributed by atoms with van der Waals surface area (Å²) in [6.45, 7) is 0. The van der Waals surface area contributed by atoms with Gasteiger partial charge in [0.05, 0.1) is 5.00 Å². The Hall–Kier alpha value is -1.28. The molecule has 0 N–H and O–H groups in total. The van der Waals surface area contributed by atoms with Crippen LogP contribution in [-0.4, -0.2) is 14.1 Å². The maximum Gasteiger partial charge on any atom is 0.0909 e. The summed E-state index contributed by atoms with van der Waals surface area (Å²) in [4.78, 5) is 3.46. The Morgan fingerprint density at radius 2 is 1.64 bits per heavy atom. The van der Waals surface area contributed by atoms with Gasteiger partial charge in [-0.05, 0) is 17.7 Å². The number of hydrogen-bond acceptors (Lipinski definition) is 2. The van der Waals surface area contributed by atoms with Crippen molar-refractivity contribution in [3.8, 4) is 10.4 Å². The zero-order valence-electron chi connectivity index (χ0n) is 8.40. The van der Waals surface area contributed by atoms with Crippen LogP contribution < -0.4 is 4.90 Å². The number of anilines is 1. The third-order valence-corrected chi connectivity index (χ3v) is 3.39. The van der Waals surface area contributed by atoms with Crippen LogP contribution in [0.2, 0.25) is 0 Å². The molecule has 0 atom stereocenters. The zero-order valence-corrected chi connectivity index (χ0v) is 9.21. The summed E-state index contributed by atoms with van der Waals surface area (Å²) < 4.78 is 0. The lowest BCUT2D eigenvalue weighted by molar-refractivity contribution is 1.16. The van der Waals surface area contributed by atoms with E-state index >= 15 is 0 Å². The molecule has 14 heavy (non-hydrogen) atoms. The van der Waals surface area contributed by atoms with E-state index in [0.717, 1.165) is 0 Å². The van der Waals surface area contributed by atoms with Crippen LogP contribution in [0.1, 0.15) is 0 Å². The highest BCUT2D eigenvalue weighted by Crippen LogP contribution is 2.32. The van der Waals surface area contributed by atoms with Gasteiger partial charge in [-0.25, -0.2) is 0 Å². The summed E-state index contributed by atoms with van der Waals surface area (Å²) in [6, 6.07) is 14.8. The van der Waals surface area contributed by atoms with Crippen molar-refractivity contribution >= 4 is 16.3 Å². The molecule has 0 radical (unpaired) electrons. The predicted molar refractivity (Wildman–Crippen MR) is 64.1 cm³/mol. The molecule has 1 nitrogen and oxygen atoms in total. The van der Waals surface area contributed by atoms with Crippen LogP contribution in [0.5, 0.6) is 0 Å². The molecule has 0 unspecified atom stereocenters. The Bertz CT molecular complexity index is 403. The van der Waals surface area contributed by atoms with Gasteiger partial charge >= 0.3 is 0 Å². The largest absolute Gasteiger partial charge is 0.370 e. The second-order valence-electron chi connectivity index (χ2n) is 3.40. The molecule has 0 amide bonds. The Morgan fingerprint density at radius 1 is 0.929 bits per heavy atom. The first-order valence-corrected chi connectivity index (χ1v) is 5.41. The van der Waals surface area contributed by atoms with Crippen LogP contribution in [0.4, 0.5) is 5.00 Å². The zero-order chi connectivity index (χ0) is 9.97. The average Bonchev–Trinajstić information content (AvgIpc) is 2.68. The summed E-state index contributed by atoms with van der Waals surface area (Å²) in [6.07, 6.45) is 0. The smallest absolute Gasteiger partial charge is 0.0909 e. The van der Waals surface area contributed by atoms with Crippen molar-refractivity contribution in [3.63, 3.8) is 0 Å². The quantitative estimate of drug-likeness (QED) is 0.722. The van der Waals surface area contributed by atoms with Crippen LogP contribution in [0.25, 0.3) is 10.4 Å². The maximum atomic E-state index is 2.18. The van der Waals surface area contributed by atoms with E-state index in [4.69, 9.17) is 0 Å². The minimum absolute atomic E-state index is 1.30. The standard InChI is InChI=1S/C12H13NS/c1-13(2)12-9-8-11(14-12)10-6-4-3-5-7-10/h3-9H,1-2H3. The molecule has 2 rings (SSSR count). The summed E-state index contributed by atoms with van der Waals surface area (Å²) in [5.41, 5.74) is 1.30. The summed E-state index contributed by atoms with van der Waals surface area (Å²) in [5.74, 6) is 0. The molecule has 0 aliphatic rings. The first kappa shape index (κ1) is 9.28. The SMILES string of the molecule is CN(C)c1ccc(-c2ccccc2)s1. The summed E-state index contributed by atoms with van der Waals surface area (Å²) >= 11 is 1.82. The van der Waals surface area contributed by atoms with Crippen LogP contribution in [0, 0.1) is 0 Å².